The van der Waals surface area contributed by atoms with E-state index < -0.39 is 0 Å². The van der Waals surface area contributed by atoms with Crippen LogP contribution in [0.2, 0.25) is 0 Å². The van der Waals surface area contributed by atoms with Crippen LogP contribution < -0.4 is 13.7 Å². The fourth-order valence-electron chi connectivity index (χ4n) is 5.08. The molecule has 0 unspecified atom stereocenters. The molecule has 0 N–H and O–H groups in total. The molecule has 0 fully saturated rings. The van der Waals surface area contributed by atoms with Crippen molar-refractivity contribution in [3.63, 3.8) is 0 Å². The number of hydrogen-bond acceptors (Lipinski definition) is 3. The molecule has 3 nitrogen and oxygen atoms in total. The van der Waals surface area contributed by atoms with Crippen LogP contribution in [0.25, 0.3) is 18.2 Å². The van der Waals surface area contributed by atoms with Crippen LogP contribution in [0.15, 0.2) is 183 Å². The topological polar surface area (TPSA) is 11.6 Å². The number of allylic oxidation sites excluding steroid dienone is 3. The SMILES string of the molecule is C/C=C/c1ccc(C)cc1.C/C=C/c1ccc(C)cc1.C/C=C/c1ccc(C)cc1.[B](CSSC[B]C[n+]1ccccc1)C[n+]1ccccc1.[S-]C[B]C[n+]1ccccc1.[Y]. The van der Waals surface area contributed by atoms with Crippen molar-refractivity contribution in [1.29, 1.82) is 0 Å². The van der Waals surface area contributed by atoms with E-state index >= 15 is 0 Å². The summed E-state index contributed by atoms with van der Waals surface area (Å²) in [6, 6.07) is 43.8. The van der Waals surface area contributed by atoms with E-state index in [9.17, 15) is 0 Å². The van der Waals surface area contributed by atoms with E-state index in [2.05, 4.69) is 196 Å². The molecule has 3 aromatic heterocycles. The Balaban J connectivity index is 0.000000395. The molecule has 6 aromatic rings. The number of rotatable bonds is 15. The first kappa shape index (κ1) is 55.7. The average Bonchev–Trinajstić information content (AvgIpc) is 3.28. The van der Waals surface area contributed by atoms with Crippen molar-refractivity contribution in [3.8, 4) is 0 Å². The first-order valence-electron chi connectivity index (χ1n) is 20.5. The van der Waals surface area contributed by atoms with Gasteiger partial charge in [-0.2, -0.15) is 5.65 Å². The molecule has 6 rings (SSSR count). The number of benzene rings is 3. The minimum Gasteiger partial charge on any atom is -0.801 e. The zero-order valence-electron chi connectivity index (χ0n) is 37.2. The van der Waals surface area contributed by atoms with Gasteiger partial charge in [-0.3, -0.25) is 0 Å². The third-order valence-corrected chi connectivity index (χ3v) is 10.7. The Morgan fingerprint density at radius 3 is 0.934 bits per heavy atom. The van der Waals surface area contributed by atoms with E-state index in [0.717, 1.165) is 36.3 Å². The predicted molar refractivity (Wildman–Crippen MR) is 272 cm³/mol. The van der Waals surface area contributed by atoms with Crippen molar-refractivity contribution in [2.45, 2.75) is 60.9 Å². The van der Waals surface area contributed by atoms with Crippen molar-refractivity contribution in [2.24, 2.45) is 0 Å². The van der Waals surface area contributed by atoms with E-state index in [1.807, 2.05) is 103 Å². The summed E-state index contributed by atoms with van der Waals surface area (Å²) in [7, 11) is 10.5. The molecule has 0 bridgehead atoms. The maximum absolute atomic E-state index is 4.78. The molecule has 0 aliphatic rings. The maximum Gasteiger partial charge on any atom is 0.213 e. The number of aryl methyl sites for hydroxylation is 3. The van der Waals surface area contributed by atoms with Gasteiger partial charge in [0.15, 0.2) is 44.5 Å². The van der Waals surface area contributed by atoms with E-state index in [-0.39, 0.29) is 32.7 Å². The molecule has 0 saturated carbocycles. The maximum atomic E-state index is 4.78. The Morgan fingerprint density at radius 2 is 0.689 bits per heavy atom. The zero-order valence-corrected chi connectivity index (χ0v) is 42.5. The van der Waals surface area contributed by atoms with Crippen molar-refractivity contribution in [1.82, 2.24) is 0 Å². The molecule has 0 atom stereocenters. The van der Waals surface area contributed by atoms with E-state index in [4.69, 9.17) is 12.6 Å². The summed E-state index contributed by atoms with van der Waals surface area (Å²) >= 11 is 4.78. The number of pyridine rings is 3. The molecular weight excluding hydrogens is 872 g/mol. The summed E-state index contributed by atoms with van der Waals surface area (Å²) < 4.78 is 6.46. The van der Waals surface area contributed by atoms with E-state index in [1.54, 1.807) is 0 Å². The molecule has 10 heteroatoms. The Hall–Kier alpha value is -3.32. The van der Waals surface area contributed by atoms with Crippen molar-refractivity contribution in [2.75, 3.05) is 17.0 Å². The summed E-state index contributed by atoms with van der Waals surface area (Å²) in [5, 5.41) is 0. The fraction of sp³-hybridized carbons (Fsp3) is 0.235. The molecule has 4 radical (unpaired) electrons. The van der Waals surface area contributed by atoms with Gasteiger partial charge in [0.25, 0.3) is 0 Å². The molecule has 0 amide bonds. The Kier molecular flexibility index (Phi) is 35.0. The van der Waals surface area contributed by atoms with Gasteiger partial charge in [-0.05, 0) is 69.5 Å². The van der Waals surface area contributed by atoms with Crippen LogP contribution in [-0.4, -0.2) is 38.8 Å². The van der Waals surface area contributed by atoms with Gasteiger partial charge in [-0.15, -0.1) is 21.6 Å². The molecule has 3 aromatic carbocycles. The minimum atomic E-state index is 0. The Labute approximate surface area is 411 Å². The molecule has 0 aliphatic heterocycles. The summed E-state index contributed by atoms with van der Waals surface area (Å²) in [6.07, 6.45) is 27.8. The zero-order chi connectivity index (χ0) is 43.3. The number of aromatic nitrogens is 3. The largest absolute Gasteiger partial charge is 0.801 e. The van der Waals surface area contributed by atoms with Crippen LogP contribution in [0.3, 0.4) is 0 Å². The van der Waals surface area contributed by atoms with Gasteiger partial charge in [0.05, 0.1) is 0 Å². The third-order valence-electron chi connectivity index (χ3n) is 8.23. The smallest absolute Gasteiger partial charge is 0.213 e. The number of nitrogens with zero attached hydrogens (tertiary/aromatic N) is 3. The average molecular weight is 936 g/mol. The molecule has 0 spiro atoms. The summed E-state index contributed by atoms with van der Waals surface area (Å²) in [4.78, 5) is 0. The third kappa shape index (κ3) is 30.4. The standard InChI is InChI=1S/C14H18B2N2S2.3C10H12.C7H9BNS.Y/c1-3-7-17(8-4-1)11-15-13-19-20-14-16-12-18-9-5-2-6-10-18;3*1-3-4-10-7-5-9(2)6-8-10;10-7-8-6-9-4-2-1-3-5-9;/h1-10H,11-14H2;3*3-8H,1-2H3;1-5H,6-7H2;/q+2;;;;;/b;3*4-3+;;. The molecular formula is C51H63B3N3S3Y+2. The summed E-state index contributed by atoms with van der Waals surface area (Å²) in [5.41, 5.74) is 10.6. The molecule has 0 aliphatic carbocycles. The molecule has 3 heterocycles. The van der Waals surface area contributed by atoms with Gasteiger partial charge in [-0.25, -0.2) is 13.7 Å². The second-order valence-electron chi connectivity index (χ2n) is 13.6. The first-order chi connectivity index (χ1) is 29.4. The van der Waals surface area contributed by atoms with E-state index in [0.29, 0.717) is 0 Å². The van der Waals surface area contributed by atoms with Crippen LogP contribution in [-0.2, 0) is 64.7 Å². The Bertz CT molecular complexity index is 1810. The van der Waals surface area contributed by atoms with Gasteiger partial charge in [0.2, 0.25) is 14.6 Å². The first-order valence-corrected chi connectivity index (χ1v) is 23.6. The fourth-order valence-corrected chi connectivity index (χ4v) is 6.93. The van der Waals surface area contributed by atoms with Crippen LogP contribution in [0.4, 0.5) is 0 Å². The second kappa shape index (κ2) is 38.4. The van der Waals surface area contributed by atoms with Crippen molar-refractivity contribution >= 4 is 74.3 Å². The van der Waals surface area contributed by atoms with Crippen LogP contribution in [0, 0.1) is 20.8 Å². The quantitative estimate of drug-likeness (QED) is 0.0335. The molecule has 61 heavy (non-hydrogen) atoms. The monoisotopic (exact) mass is 935 g/mol. The van der Waals surface area contributed by atoms with Crippen LogP contribution in [0.1, 0.15) is 54.2 Å². The van der Waals surface area contributed by atoms with Gasteiger partial charge in [0, 0.05) is 69.1 Å². The summed E-state index contributed by atoms with van der Waals surface area (Å²) in [5.74, 6) is 0. The van der Waals surface area contributed by atoms with Gasteiger partial charge >= 0.3 is 0 Å². The van der Waals surface area contributed by atoms with Gasteiger partial charge in [0.1, 0.15) is 19.3 Å². The van der Waals surface area contributed by atoms with E-state index in [1.165, 1.54) is 33.4 Å². The predicted octanol–water partition coefficient (Wildman–Crippen LogP) is 10.8. The van der Waals surface area contributed by atoms with Crippen LogP contribution in [0.5, 0.6) is 0 Å². The van der Waals surface area contributed by atoms with Crippen LogP contribution >= 0.6 is 21.6 Å². The van der Waals surface area contributed by atoms with Crippen molar-refractivity contribution in [3.05, 3.63) is 216 Å². The summed E-state index contributed by atoms with van der Waals surface area (Å²) in [6.45, 7) is 12.4. The normalized spacial score (nSPS) is 10.1. The van der Waals surface area contributed by atoms with Gasteiger partial charge < -0.3 is 12.6 Å². The molecule has 0 saturated heterocycles. The van der Waals surface area contributed by atoms with Crippen molar-refractivity contribution < 1.29 is 46.4 Å². The number of hydrogen-bond donors (Lipinski definition) is 0. The minimum absolute atomic E-state index is 0. The molecule has 310 valence electrons. The Morgan fingerprint density at radius 1 is 0.426 bits per heavy atom. The second-order valence-corrected chi connectivity index (χ2v) is 16.4. The van der Waals surface area contributed by atoms with Gasteiger partial charge in [-0.1, -0.05) is 144 Å².